The molecule has 2 heterocycles. The molecule has 2 nitrogen and oxygen atoms in total. The van der Waals surface area contributed by atoms with Crippen molar-refractivity contribution in [3.63, 3.8) is 0 Å². The molecule has 0 spiro atoms. The number of nitrogens with zero attached hydrogens (tertiary/aromatic N) is 2. The smallest absolute Gasteiger partial charge is 0.0156 e. The summed E-state index contributed by atoms with van der Waals surface area (Å²) in [5.41, 5.74) is 0.749. The monoisotopic (exact) mass is 266 g/mol. The van der Waals surface area contributed by atoms with Crippen LogP contribution in [0.15, 0.2) is 0 Å². The Hall–Kier alpha value is -0.0800. The van der Waals surface area contributed by atoms with Gasteiger partial charge in [-0.2, -0.15) is 0 Å². The third-order valence-electron chi connectivity index (χ3n) is 5.22. The molecule has 0 saturated carbocycles. The van der Waals surface area contributed by atoms with Crippen molar-refractivity contribution in [1.29, 1.82) is 0 Å². The molecule has 0 N–H and O–H groups in total. The molecule has 112 valence electrons. The average Bonchev–Trinajstić information content (AvgIpc) is 2.81. The van der Waals surface area contributed by atoms with E-state index in [-0.39, 0.29) is 0 Å². The molecule has 0 bridgehead atoms. The SMILES string of the molecule is CC(C)(C)N1CCCC(CC(C)(C)N2CCCC2)C1. The maximum Gasteiger partial charge on any atom is 0.0156 e. The molecule has 0 aliphatic carbocycles. The van der Waals surface area contributed by atoms with Gasteiger partial charge in [-0.3, -0.25) is 9.80 Å². The summed E-state index contributed by atoms with van der Waals surface area (Å²) in [6, 6.07) is 0. The highest BCUT2D eigenvalue weighted by Gasteiger charge is 2.34. The Balaban J connectivity index is 1.91. The van der Waals surface area contributed by atoms with Crippen LogP contribution in [0.5, 0.6) is 0 Å². The standard InChI is InChI=1S/C17H34N2/c1-16(2,3)19-12-8-9-15(14-19)13-17(4,5)18-10-6-7-11-18/h15H,6-14H2,1-5H3. The van der Waals surface area contributed by atoms with Crippen LogP contribution in [-0.4, -0.2) is 47.1 Å². The van der Waals surface area contributed by atoms with E-state index in [1.807, 2.05) is 0 Å². The van der Waals surface area contributed by atoms with Crippen molar-refractivity contribution in [3.8, 4) is 0 Å². The van der Waals surface area contributed by atoms with E-state index in [4.69, 9.17) is 0 Å². The van der Waals surface area contributed by atoms with Gasteiger partial charge < -0.3 is 0 Å². The molecule has 1 atom stereocenters. The fourth-order valence-corrected chi connectivity index (χ4v) is 4.00. The lowest BCUT2D eigenvalue weighted by molar-refractivity contribution is 0.0466. The van der Waals surface area contributed by atoms with Gasteiger partial charge in [0.05, 0.1) is 0 Å². The van der Waals surface area contributed by atoms with E-state index in [0.29, 0.717) is 11.1 Å². The fraction of sp³-hybridized carbons (Fsp3) is 1.00. The summed E-state index contributed by atoms with van der Waals surface area (Å²) in [6.45, 7) is 17.3. The van der Waals surface area contributed by atoms with Crippen LogP contribution in [0.25, 0.3) is 0 Å². The van der Waals surface area contributed by atoms with Crippen molar-refractivity contribution in [3.05, 3.63) is 0 Å². The molecule has 0 amide bonds. The average molecular weight is 266 g/mol. The van der Waals surface area contributed by atoms with Crippen molar-refractivity contribution >= 4 is 0 Å². The van der Waals surface area contributed by atoms with Crippen molar-refractivity contribution in [2.45, 2.75) is 77.8 Å². The molecule has 0 aromatic carbocycles. The van der Waals surface area contributed by atoms with Crippen LogP contribution in [0, 0.1) is 5.92 Å². The molecule has 0 aromatic heterocycles. The van der Waals surface area contributed by atoms with Gasteiger partial charge in [-0.25, -0.2) is 0 Å². The largest absolute Gasteiger partial charge is 0.298 e. The topological polar surface area (TPSA) is 6.48 Å². The zero-order valence-electron chi connectivity index (χ0n) is 13.8. The maximum atomic E-state index is 2.73. The van der Waals surface area contributed by atoms with E-state index in [0.717, 1.165) is 5.92 Å². The Morgan fingerprint density at radius 2 is 1.42 bits per heavy atom. The number of piperidine rings is 1. The molecule has 2 fully saturated rings. The van der Waals surface area contributed by atoms with Gasteiger partial charge >= 0.3 is 0 Å². The maximum absolute atomic E-state index is 2.73. The van der Waals surface area contributed by atoms with Crippen LogP contribution >= 0.6 is 0 Å². The number of rotatable bonds is 3. The molecule has 0 aromatic rings. The first-order valence-electron chi connectivity index (χ1n) is 8.29. The van der Waals surface area contributed by atoms with Crippen LogP contribution in [0.4, 0.5) is 0 Å². The Morgan fingerprint density at radius 3 is 2.00 bits per heavy atom. The predicted molar refractivity (Wildman–Crippen MR) is 83.6 cm³/mol. The van der Waals surface area contributed by atoms with Crippen molar-refractivity contribution in [2.24, 2.45) is 5.92 Å². The predicted octanol–water partition coefficient (Wildman–Crippen LogP) is 3.76. The highest BCUT2D eigenvalue weighted by atomic mass is 15.2. The minimum Gasteiger partial charge on any atom is -0.298 e. The quantitative estimate of drug-likeness (QED) is 0.767. The highest BCUT2D eigenvalue weighted by molar-refractivity contribution is 4.90. The van der Waals surface area contributed by atoms with E-state index in [1.54, 1.807) is 0 Å². The number of hydrogen-bond acceptors (Lipinski definition) is 2. The van der Waals surface area contributed by atoms with E-state index in [2.05, 4.69) is 44.4 Å². The Bertz CT molecular complexity index is 284. The molecule has 2 aliphatic heterocycles. The van der Waals surface area contributed by atoms with Crippen molar-refractivity contribution in [2.75, 3.05) is 26.2 Å². The van der Waals surface area contributed by atoms with Gasteiger partial charge in [-0.05, 0) is 92.3 Å². The summed E-state index contributed by atoms with van der Waals surface area (Å²) in [6.07, 6.45) is 7.01. The highest BCUT2D eigenvalue weighted by Crippen LogP contribution is 2.33. The zero-order chi connectivity index (χ0) is 14.1. The molecule has 2 rings (SSSR count). The summed E-state index contributed by atoms with van der Waals surface area (Å²) in [4.78, 5) is 5.42. The van der Waals surface area contributed by atoms with Crippen molar-refractivity contribution < 1.29 is 0 Å². The first-order valence-corrected chi connectivity index (χ1v) is 8.29. The van der Waals surface area contributed by atoms with Gasteiger partial charge in [-0.1, -0.05) is 0 Å². The van der Waals surface area contributed by atoms with E-state index >= 15 is 0 Å². The van der Waals surface area contributed by atoms with Gasteiger partial charge in [0, 0.05) is 17.6 Å². The molecule has 0 radical (unpaired) electrons. The lowest BCUT2D eigenvalue weighted by Gasteiger charge is -2.45. The zero-order valence-corrected chi connectivity index (χ0v) is 13.8. The molecule has 1 unspecified atom stereocenters. The van der Waals surface area contributed by atoms with Gasteiger partial charge in [0.2, 0.25) is 0 Å². The lowest BCUT2D eigenvalue weighted by atomic mass is 9.83. The van der Waals surface area contributed by atoms with Crippen molar-refractivity contribution in [1.82, 2.24) is 9.80 Å². The Morgan fingerprint density at radius 1 is 0.842 bits per heavy atom. The van der Waals surface area contributed by atoms with Crippen LogP contribution in [0.2, 0.25) is 0 Å². The van der Waals surface area contributed by atoms with Gasteiger partial charge in [0.1, 0.15) is 0 Å². The number of hydrogen-bond donors (Lipinski definition) is 0. The van der Waals surface area contributed by atoms with Crippen LogP contribution in [0.1, 0.15) is 66.7 Å². The molecular weight excluding hydrogens is 232 g/mol. The fourth-order valence-electron chi connectivity index (χ4n) is 4.00. The Kier molecular flexibility index (Phi) is 4.62. The molecule has 2 aliphatic rings. The van der Waals surface area contributed by atoms with E-state index in [9.17, 15) is 0 Å². The third kappa shape index (κ3) is 3.95. The summed E-state index contributed by atoms with van der Waals surface area (Å²) in [5.74, 6) is 0.892. The second kappa shape index (κ2) is 5.73. The van der Waals surface area contributed by atoms with Gasteiger partial charge in [0.15, 0.2) is 0 Å². The lowest BCUT2D eigenvalue weighted by Crippen LogP contribution is -2.50. The van der Waals surface area contributed by atoms with Crippen LogP contribution in [0.3, 0.4) is 0 Å². The Labute approximate surface area is 120 Å². The number of likely N-dealkylation sites (tertiary alicyclic amines) is 2. The van der Waals surface area contributed by atoms with Gasteiger partial charge in [-0.15, -0.1) is 0 Å². The van der Waals surface area contributed by atoms with E-state index < -0.39 is 0 Å². The molecule has 2 saturated heterocycles. The van der Waals surface area contributed by atoms with Crippen LogP contribution in [-0.2, 0) is 0 Å². The normalized spacial score (nSPS) is 27.9. The molecular formula is C17H34N2. The molecule has 19 heavy (non-hydrogen) atoms. The summed E-state index contributed by atoms with van der Waals surface area (Å²) < 4.78 is 0. The van der Waals surface area contributed by atoms with Gasteiger partial charge in [0.25, 0.3) is 0 Å². The molecule has 2 heteroatoms. The van der Waals surface area contributed by atoms with E-state index in [1.165, 1.54) is 58.3 Å². The summed E-state index contributed by atoms with van der Waals surface area (Å²) >= 11 is 0. The summed E-state index contributed by atoms with van der Waals surface area (Å²) in [7, 11) is 0. The second-order valence-electron chi connectivity index (χ2n) is 8.34. The first kappa shape index (κ1) is 15.3. The van der Waals surface area contributed by atoms with Crippen LogP contribution < -0.4 is 0 Å². The third-order valence-corrected chi connectivity index (χ3v) is 5.22. The first-order chi connectivity index (χ1) is 8.79. The minimum absolute atomic E-state index is 0.344. The summed E-state index contributed by atoms with van der Waals surface area (Å²) in [5, 5.41) is 0. The minimum atomic E-state index is 0.344. The second-order valence-corrected chi connectivity index (χ2v) is 8.34.